The highest BCUT2D eigenvalue weighted by molar-refractivity contribution is 6.21. The van der Waals surface area contributed by atoms with Crippen molar-refractivity contribution in [3.05, 3.63) is 70.4 Å². The number of rotatable bonds is 7. The Kier molecular flexibility index (Phi) is 5.53. The average Bonchev–Trinajstić information content (AvgIpc) is 3.48. The van der Waals surface area contributed by atoms with Crippen LogP contribution in [0.3, 0.4) is 0 Å². The monoisotopic (exact) mass is 461 g/mol. The zero-order valence-corrected chi connectivity index (χ0v) is 18.6. The molecule has 0 aliphatic carbocycles. The van der Waals surface area contributed by atoms with Gasteiger partial charge < -0.3 is 19.8 Å². The number of imide groups is 1. The van der Waals surface area contributed by atoms with Gasteiger partial charge in [0.15, 0.2) is 0 Å². The van der Waals surface area contributed by atoms with Gasteiger partial charge in [-0.25, -0.2) is 9.59 Å². The molecule has 2 N–H and O–H groups in total. The number of aromatic amines is 1. The van der Waals surface area contributed by atoms with E-state index in [4.69, 9.17) is 9.47 Å². The van der Waals surface area contributed by atoms with Gasteiger partial charge >= 0.3 is 12.1 Å². The lowest BCUT2D eigenvalue weighted by Gasteiger charge is -2.14. The molecule has 2 aromatic carbocycles. The maximum atomic E-state index is 12.8. The fourth-order valence-electron chi connectivity index (χ4n) is 4.55. The van der Waals surface area contributed by atoms with E-state index in [-0.39, 0.29) is 37.4 Å². The molecule has 34 heavy (non-hydrogen) atoms. The van der Waals surface area contributed by atoms with Gasteiger partial charge in [0.1, 0.15) is 12.3 Å². The molecule has 0 radical (unpaired) electrons. The van der Waals surface area contributed by atoms with E-state index >= 15 is 0 Å². The van der Waals surface area contributed by atoms with Gasteiger partial charge in [-0.05, 0) is 55.2 Å². The molecular weight excluding hydrogens is 438 g/mol. The summed E-state index contributed by atoms with van der Waals surface area (Å²) in [4.78, 5) is 53.9. The summed E-state index contributed by atoms with van der Waals surface area (Å²) in [6.45, 7) is 2.38. The predicted molar refractivity (Wildman–Crippen MR) is 122 cm³/mol. The number of esters is 1. The van der Waals surface area contributed by atoms with Crippen molar-refractivity contribution in [1.29, 1.82) is 0 Å². The molecule has 0 unspecified atom stereocenters. The molecule has 1 fully saturated rings. The van der Waals surface area contributed by atoms with Gasteiger partial charge in [0.25, 0.3) is 11.8 Å². The first-order valence-electron chi connectivity index (χ1n) is 11.2. The van der Waals surface area contributed by atoms with Crippen LogP contribution in [0.25, 0.3) is 10.9 Å². The Hall–Kier alpha value is -4.14. The predicted octanol–water partition coefficient (Wildman–Crippen LogP) is 2.83. The minimum Gasteiger partial charge on any atom is -0.461 e. The number of cyclic esters (lactones) is 1. The van der Waals surface area contributed by atoms with Crippen molar-refractivity contribution in [2.45, 2.75) is 25.8 Å². The Bertz CT molecular complexity index is 1290. The fraction of sp³-hybridized carbons (Fsp3) is 0.280. The standard InChI is InChI=1S/C25H23N3O6/c1-2-33-24(31)21-16(9-10-28-22(29)17-5-3-4-6-18(17)23(28)30)19-12-14(7-8-20(19)27-21)11-15-13-34-25(32)26-15/h3-8,12,15,27H,2,9-11,13H2,1H3,(H,26,32)/t15-/m0/s1. The summed E-state index contributed by atoms with van der Waals surface area (Å²) in [5.41, 5.74) is 3.47. The molecule has 3 aromatic rings. The fourth-order valence-corrected chi connectivity index (χ4v) is 4.55. The Labute approximate surface area is 195 Å². The minimum absolute atomic E-state index is 0.127. The second-order valence-electron chi connectivity index (χ2n) is 8.28. The number of carbonyl (C=O) groups excluding carboxylic acids is 4. The number of nitrogens with zero attached hydrogens (tertiary/aromatic N) is 1. The zero-order valence-electron chi connectivity index (χ0n) is 18.6. The Morgan fingerprint density at radius 3 is 2.50 bits per heavy atom. The summed E-state index contributed by atoms with van der Waals surface area (Å²) in [6, 6.07) is 12.4. The molecular formula is C25H23N3O6. The molecule has 0 bridgehead atoms. The summed E-state index contributed by atoms with van der Waals surface area (Å²) < 4.78 is 10.2. The zero-order chi connectivity index (χ0) is 23.8. The number of H-pyrrole nitrogens is 1. The summed E-state index contributed by atoms with van der Waals surface area (Å²) in [5, 5.41) is 3.57. The van der Waals surface area contributed by atoms with Gasteiger partial charge in [0.2, 0.25) is 0 Å². The molecule has 3 heterocycles. The number of ether oxygens (including phenoxy) is 2. The molecule has 1 aromatic heterocycles. The van der Waals surface area contributed by atoms with E-state index in [0.717, 1.165) is 16.5 Å². The van der Waals surface area contributed by atoms with Crippen LogP contribution < -0.4 is 5.32 Å². The van der Waals surface area contributed by atoms with Gasteiger partial charge in [-0.2, -0.15) is 0 Å². The van der Waals surface area contributed by atoms with Gasteiger partial charge in [-0.1, -0.05) is 18.2 Å². The summed E-state index contributed by atoms with van der Waals surface area (Å²) >= 11 is 0. The van der Waals surface area contributed by atoms with E-state index in [1.165, 1.54) is 4.90 Å². The summed E-state index contributed by atoms with van der Waals surface area (Å²) in [5.74, 6) is -1.17. The van der Waals surface area contributed by atoms with E-state index in [2.05, 4.69) is 10.3 Å². The minimum atomic E-state index is -0.492. The smallest absolute Gasteiger partial charge is 0.407 e. The van der Waals surface area contributed by atoms with Crippen molar-refractivity contribution in [2.24, 2.45) is 0 Å². The number of carbonyl (C=O) groups is 4. The quantitative estimate of drug-likeness (QED) is 0.413. The van der Waals surface area contributed by atoms with Crippen molar-refractivity contribution in [2.75, 3.05) is 19.8 Å². The molecule has 5 rings (SSSR count). The van der Waals surface area contributed by atoms with Crippen LogP contribution in [0.15, 0.2) is 42.5 Å². The van der Waals surface area contributed by atoms with Crippen LogP contribution in [0.1, 0.15) is 49.3 Å². The second-order valence-corrected chi connectivity index (χ2v) is 8.28. The number of fused-ring (bicyclic) bond motifs is 2. The van der Waals surface area contributed by atoms with Crippen LogP contribution in [0.2, 0.25) is 0 Å². The van der Waals surface area contributed by atoms with Crippen molar-refractivity contribution in [1.82, 2.24) is 15.2 Å². The first kappa shape index (κ1) is 21.7. The average molecular weight is 461 g/mol. The largest absolute Gasteiger partial charge is 0.461 e. The number of nitrogens with one attached hydrogen (secondary N) is 2. The highest BCUT2D eigenvalue weighted by Gasteiger charge is 2.35. The maximum Gasteiger partial charge on any atom is 0.407 e. The lowest BCUT2D eigenvalue weighted by molar-refractivity contribution is 0.0519. The third-order valence-corrected chi connectivity index (χ3v) is 6.13. The van der Waals surface area contributed by atoms with Gasteiger partial charge in [0, 0.05) is 17.4 Å². The molecule has 2 aliphatic heterocycles. The lowest BCUT2D eigenvalue weighted by atomic mass is 10.0. The first-order valence-corrected chi connectivity index (χ1v) is 11.2. The first-order chi connectivity index (χ1) is 16.5. The summed E-state index contributed by atoms with van der Waals surface area (Å²) in [7, 11) is 0. The number of hydrogen-bond donors (Lipinski definition) is 2. The number of alkyl carbamates (subject to hydrolysis) is 1. The topological polar surface area (TPSA) is 118 Å². The number of amides is 3. The van der Waals surface area contributed by atoms with Crippen molar-refractivity contribution < 1.29 is 28.7 Å². The van der Waals surface area contributed by atoms with Crippen molar-refractivity contribution in [3.8, 4) is 0 Å². The molecule has 9 heteroatoms. The third-order valence-electron chi connectivity index (χ3n) is 6.13. The number of hydrogen-bond acceptors (Lipinski definition) is 6. The Balaban J connectivity index is 1.45. The van der Waals surface area contributed by atoms with Gasteiger partial charge in [-0.15, -0.1) is 0 Å². The molecule has 174 valence electrons. The molecule has 1 saturated heterocycles. The molecule has 0 spiro atoms. The van der Waals surface area contributed by atoms with E-state index in [1.54, 1.807) is 31.2 Å². The van der Waals surface area contributed by atoms with Crippen LogP contribution in [0.5, 0.6) is 0 Å². The van der Waals surface area contributed by atoms with Gasteiger partial charge in [-0.3, -0.25) is 14.5 Å². The van der Waals surface area contributed by atoms with Gasteiger partial charge in [0.05, 0.1) is 23.8 Å². The van der Waals surface area contributed by atoms with E-state index in [1.807, 2.05) is 18.2 Å². The van der Waals surface area contributed by atoms with E-state index in [9.17, 15) is 19.2 Å². The van der Waals surface area contributed by atoms with E-state index < -0.39 is 12.1 Å². The third kappa shape index (κ3) is 3.79. The second kappa shape index (κ2) is 8.66. The highest BCUT2D eigenvalue weighted by Crippen LogP contribution is 2.28. The Morgan fingerprint density at radius 1 is 1.12 bits per heavy atom. The molecule has 0 saturated carbocycles. The van der Waals surface area contributed by atoms with Crippen LogP contribution in [-0.2, 0) is 22.3 Å². The summed E-state index contributed by atoms with van der Waals surface area (Å²) in [6.07, 6.45) is 0.421. The molecule has 2 aliphatic rings. The molecule has 3 amide bonds. The van der Waals surface area contributed by atoms with E-state index in [0.29, 0.717) is 35.4 Å². The number of aromatic nitrogens is 1. The maximum absolute atomic E-state index is 12.8. The highest BCUT2D eigenvalue weighted by atomic mass is 16.6. The van der Waals surface area contributed by atoms with Crippen LogP contribution in [0.4, 0.5) is 4.79 Å². The number of benzene rings is 2. The van der Waals surface area contributed by atoms with Crippen LogP contribution in [0, 0.1) is 0 Å². The van der Waals surface area contributed by atoms with Crippen LogP contribution in [-0.4, -0.2) is 59.6 Å². The normalized spacial score (nSPS) is 17.1. The lowest BCUT2D eigenvalue weighted by Crippen LogP contribution is -2.32. The molecule has 1 atom stereocenters. The van der Waals surface area contributed by atoms with Crippen molar-refractivity contribution in [3.63, 3.8) is 0 Å². The van der Waals surface area contributed by atoms with Crippen LogP contribution >= 0.6 is 0 Å². The Morgan fingerprint density at radius 2 is 1.85 bits per heavy atom. The van der Waals surface area contributed by atoms with Crippen molar-refractivity contribution >= 4 is 34.8 Å². The molecule has 9 nitrogen and oxygen atoms in total. The SMILES string of the molecule is CCOC(=O)c1[nH]c2ccc(C[C@H]3COC(=O)N3)cc2c1CCN1C(=O)c2ccccc2C1=O.